The van der Waals surface area contributed by atoms with E-state index < -0.39 is 0 Å². The maximum absolute atomic E-state index is 12.6. The van der Waals surface area contributed by atoms with E-state index in [0.29, 0.717) is 23.3 Å². The van der Waals surface area contributed by atoms with Crippen LogP contribution in [0.3, 0.4) is 0 Å². The Morgan fingerprint density at radius 1 is 1.14 bits per heavy atom. The molecule has 2 aliphatic rings. The zero-order valence-corrected chi connectivity index (χ0v) is 13.5. The third kappa shape index (κ3) is 1.89. The van der Waals surface area contributed by atoms with E-state index in [1.807, 2.05) is 0 Å². The minimum atomic E-state index is -0.353. The zero-order valence-electron chi connectivity index (χ0n) is 13.5. The predicted octanol–water partition coefficient (Wildman–Crippen LogP) is 1.77. The van der Waals surface area contributed by atoms with E-state index in [0.717, 1.165) is 12.8 Å². The molecule has 2 heterocycles. The molecule has 0 radical (unpaired) electrons. The molecule has 1 aliphatic heterocycles. The largest absolute Gasteiger partial charge is 0.472 e. The molecule has 1 aromatic rings. The molecule has 5 heteroatoms. The van der Waals surface area contributed by atoms with Crippen molar-refractivity contribution in [3.63, 3.8) is 0 Å². The molecule has 1 aromatic heterocycles. The lowest BCUT2D eigenvalue weighted by molar-refractivity contribution is -0.0400. The van der Waals surface area contributed by atoms with Gasteiger partial charge in [0.15, 0.2) is 0 Å². The average Bonchev–Trinajstić information content (AvgIpc) is 2.41. The Bertz CT molecular complexity index is 699. The summed E-state index contributed by atoms with van der Waals surface area (Å²) in [6.45, 7) is 6.41. The molecule has 1 saturated carbocycles. The van der Waals surface area contributed by atoms with Crippen LogP contribution in [-0.4, -0.2) is 14.7 Å². The molecule has 0 bridgehead atoms. The maximum Gasteiger partial charge on any atom is 0.333 e. The van der Waals surface area contributed by atoms with Gasteiger partial charge in [-0.05, 0) is 26.2 Å². The van der Waals surface area contributed by atoms with E-state index in [9.17, 15) is 9.59 Å². The molecule has 0 unspecified atom stereocenters. The van der Waals surface area contributed by atoms with Gasteiger partial charge in [-0.2, -0.15) is 0 Å². The fraction of sp³-hybridized carbons (Fsp3) is 0.750. The van der Waals surface area contributed by atoms with Gasteiger partial charge in [-0.3, -0.25) is 13.9 Å². The van der Waals surface area contributed by atoms with Gasteiger partial charge in [-0.1, -0.05) is 19.8 Å². The summed E-state index contributed by atoms with van der Waals surface area (Å²) >= 11 is 0. The van der Waals surface area contributed by atoms with E-state index in [2.05, 4.69) is 20.8 Å². The van der Waals surface area contributed by atoms with Crippen molar-refractivity contribution in [2.24, 2.45) is 25.9 Å². The van der Waals surface area contributed by atoms with Crippen molar-refractivity contribution in [3.8, 4) is 5.88 Å². The first-order chi connectivity index (χ1) is 9.75. The summed E-state index contributed by atoms with van der Waals surface area (Å²) in [7, 11) is 3.23. The van der Waals surface area contributed by atoms with E-state index in [1.165, 1.54) is 15.6 Å². The van der Waals surface area contributed by atoms with Crippen molar-refractivity contribution in [2.45, 2.75) is 51.6 Å². The normalized spacial score (nSPS) is 30.2. The third-order valence-electron chi connectivity index (χ3n) is 5.40. The first-order valence-electron chi connectivity index (χ1n) is 7.74. The summed E-state index contributed by atoms with van der Waals surface area (Å²) in [6, 6.07) is 0. The molecule has 0 N–H and O–H groups in total. The summed E-state index contributed by atoms with van der Waals surface area (Å²) in [6.07, 6.45) is 3.31. The van der Waals surface area contributed by atoms with Crippen LogP contribution in [0.1, 0.15) is 51.5 Å². The van der Waals surface area contributed by atoms with Gasteiger partial charge in [0, 0.05) is 25.9 Å². The summed E-state index contributed by atoms with van der Waals surface area (Å²) in [5.41, 5.74) is -0.159. The highest BCUT2D eigenvalue weighted by molar-refractivity contribution is 5.34. The highest BCUT2D eigenvalue weighted by Gasteiger charge is 2.49. The monoisotopic (exact) mass is 292 g/mol. The van der Waals surface area contributed by atoms with E-state index >= 15 is 0 Å². The van der Waals surface area contributed by atoms with Gasteiger partial charge in [0.2, 0.25) is 5.88 Å². The van der Waals surface area contributed by atoms with Crippen LogP contribution in [0.2, 0.25) is 0 Å². The number of hydrogen-bond donors (Lipinski definition) is 0. The number of aromatic nitrogens is 2. The van der Waals surface area contributed by atoms with Crippen LogP contribution in [0.5, 0.6) is 5.88 Å². The van der Waals surface area contributed by atoms with Gasteiger partial charge in [0.25, 0.3) is 5.56 Å². The Morgan fingerprint density at radius 3 is 2.48 bits per heavy atom. The van der Waals surface area contributed by atoms with Crippen molar-refractivity contribution in [2.75, 3.05) is 0 Å². The van der Waals surface area contributed by atoms with Crippen molar-refractivity contribution >= 4 is 0 Å². The minimum absolute atomic E-state index is 0.187. The number of fused-ring (bicyclic) bond motifs is 3. The molecular weight excluding hydrogens is 268 g/mol. The Hall–Kier alpha value is -1.52. The van der Waals surface area contributed by atoms with Gasteiger partial charge >= 0.3 is 5.69 Å². The van der Waals surface area contributed by atoms with Crippen molar-refractivity contribution in [3.05, 3.63) is 26.4 Å². The van der Waals surface area contributed by atoms with E-state index in [-0.39, 0.29) is 22.8 Å². The van der Waals surface area contributed by atoms with Gasteiger partial charge in [0.05, 0.1) is 5.56 Å². The SMILES string of the molecule is C[C@@H]1CCC[C@@H]2c3c(n(C)c(=O)n(C)c3=O)OC(C)(C)[C@@H]12. The fourth-order valence-corrected chi connectivity index (χ4v) is 4.52. The molecule has 0 spiro atoms. The highest BCUT2D eigenvalue weighted by Crippen LogP contribution is 2.51. The lowest BCUT2D eigenvalue weighted by Gasteiger charge is -2.49. The Kier molecular flexibility index (Phi) is 3.08. The second-order valence-electron chi connectivity index (χ2n) is 7.17. The van der Waals surface area contributed by atoms with Crippen LogP contribution in [0.25, 0.3) is 0 Å². The third-order valence-corrected chi connectivity index (χ3v) is 5.40. The molecule has 3 rings (SSSR count). The van der Waals surface area contributed by atoms with Gasteiger partial charge in [0.1, 0.15) is 5.60 Å². The highest BCUT2D eigenvalue weighted by atomic mass is 16.5. The fourth-order valence-electron chi connectivity index (χ4n) is 4.52. The Labute approximate surface area is 124 Å². The molecule has 1 aliphatic carbocycles. The van der Waals surface area contributed by atoms with E-state index in [4.69, 9.17) is 4.74 Å². The van der Waals surface area contributed by atoms with Crippen LogP contribution >= 0.6 is 0 Å². The molecule has 3 atom stereocenters. The predicted molar refractivity (Wildman–Crippen MR) is 80.9 cm³/mol. The van der Waals surface area contributed by atoms with Crippen molar-refractivity contribution in [1.29, 1.82) is 0 Å². The Morgan fingerprint density at radius 2 is 1.81 bits per heavy atom. The van der Waals surface area contributed by atoms with Crippen molar-refractivity contribution < 1.29 is 4.74 Å². The van der Waals surface area contributed by atoms with E-state index in [1.54, 1.807) is 14.1 Å². The number of hydrogen-bond acceptors (Lipinski definition) is 3. The maximum atomic E-state index is 12.6. The summed E-state index contributed by atoms with van der Waals surface area (Å²) in [4.78, 5) is 24.8. The Balaban J connectivity index is 2.31. The van der Waals surface area contributed by atoms with Crippen LogP contribution in [0.15, 0.2) is 9.59 Å². The number of rotatable bonds is 0. The lowest BCUT2D eigenvalue weighted by atomic mass is 9.63. The molecular formula is C16H24N2O3. The molecule has 0 amide bonds. The van der Waals surface area contributed by atoms with Crippen molar-refractivity contribution in [1.82, 2.24) is 9.13 Å². The van der Waals surface area contributed by atoms with Crippen LogP contribution in [-0.2, 0) is 14.1 Å². The average molecular weight is 292 g/mol. The summed E-state index contributed by atoms with van der Waals surface area (Å²) in [5.74, 6) is 1.51. The quantitative estimate of drug-likeness (QED) is 0.732. The van der Waals surface area contributed by atoms with Crippen LogP contribution in [0.4, 0.5) is 0 Å². The molecule has 0 aromatic carbocycles. The topological polar surface area (TPSA) is 53.2 Å². The van der Waals surface area contributed by atoms with Gasteiger partial charge < -0.3 is 4.74 Å². The molecule has 1 fully saturated rings. The summed E-state index contributed by atoms with van der Waals surface area (Å²) < 4.78 is 8.84. The second kappa shape index (κ2) is 4.49. The van der Waals surface area contributed by atoms with Gasteiger partial charge in [-0.15, -0.1) is 0 Å². The first-order valence-corrected chi connectivity index (χ1v) is 7.74. The minimum Gasteiger partial charge on any atom is -0.472 e. The van der Waals surface area contributed by atoms with Crippen LogP contribution in [0, 0.1) is 11.8 Å². The number of nitrogens with zero attached hydrogens (tertiary/aromatic N) is 2. The lowest BCUT2D eigenvalue weighted by Crippen LogP contribution is -2.53. The first kappa shape index (κ1) is 14.4. The smallest absolute Gasteiger partial charge is 0.333 e. The summed E-state index contributed by atoms with van der Waals surface area (Å²) in [5, 5.41) is 0. The molecule has 21 heavy (non-hydrogen) atoms. The molecule has 116 valence electrons. The number of ether oxygens (including phenoxy) is 1. The second-order valence-corrected chi connectivity index (χ2v) is 7.17. The molecule has 5 nitrogen and oxygen atoms in total. The standard InChI is InChI=1S/C16H24N2O3/c1-9-7-6-8-10-11-13(19)17(4)15(20)18(5)14(11)21-16(2,3)12(9)10/h9-10,12H,6-8H2,1-5H3/t9-,10-,12+/m1/s1. The zero-order chi connectivity index (χ0) is 15.5. The molecule has 0 saturated heterocycles. The van der Waals surface area contributed by atoms with Gasteiger partial charge in [-0.25, -0.2) is 4.79 Å². The van der Waals surface area contributed by atoms with Crippen LogP contribution < -0.4 is 16.0 Å².